The molecule has 15 heavy (non-hydrogen) atoms. The number of nitrogens with one attached hydrogen (secondary N) is 2. The van der Waals surface area contributed by atoms with Crippen molar-refractivity contribution in [1.29, 1.82) is 0 Å². The summed E-state index contributed by atoms with van der Waals surface area (Å²) in [5.74, 6) is -1.60. The molecule has 6 heteroatoms. The molecule has 0 aliphatic carbocycles. The van der Waals surface area contributed by atoms with Crippen LogP contribution in [0.15, 0.2) is 0 Å². The molecule has 1 aliphatic rings. The van der Waals surface area contributed by atoms with Gasteiger partial charge in [-0.1, -0.05) is 0 Å². The molecule has 1 fully saturated rings. The molecule has 0 radical (unpaired) electrons. The van der Waals surface area contributed by atoms with E-state index in [1.165, 1.54) is 0 Å². The van der Waals surface area contributed by atoms with Crippen LogP contribution in [-0.4, -0.2) is 46.8 Å². The minimum absolute atomic E-state index is 0.258. The van der Waals surface area contributed by atoms with Gasteiger partial charge in [-0.05, 0) is 26.3 Å². The number of aliphatic hydroxyl groups excluding tert-OH is 1. The Hall–Kier alpha value is -1.14. The summed E-state index contributed by atoms with van der Waals surface area (Å²) in [4.78, 5) is 21.9. The summed E-state index contributed by atoms with van der Waals surface area (Å²) in [5.41, 5.74) is -0.627. The molecule has 0 aromatic rings. The third kappa shape index (κ3) is 2.90. The molecule has 0 bridgehead atoms. The average molecular weight is 216 g/mol. The van der Waals surface area contributed by atoms with Crippen molar-refractivity contribution in [3.05, 3.63) is 0 Å². The lowest BCUT2D eigenvalue weighted by molar-refractivity contribution is -0.146. The summed E-state index contributed by atoms with van der Waals surface area (Å²) in [6.07, 6.45) is 0.104. The van der Waals surface area contributed by atoms with Crippen LogP contribution in [0, 0.1) is 0 Å². The Kier molecular flexibility index (Phi) is 3.65. The Balaban J connectivity index is 2.39. The molecule has 1 unspecified atom stereocenters. The standard InChI is InChI=1S/C9H16N2O4/c1-9(3-2-4-11-9)8(15)10-5-6(12)7(13)14/h6,11-12H,2-5H2,1H3,(H,10,15)(H,13,14)/t6-,9?/m0/s1. The fraction of sp³-hybridized carbons (Fsp3) is 0.778. The first-order chi connectivity index (χ1) is 6.96. The summed E-state index contributed by atoms with van der Waals surface area (Å²) in [7, 11) is 0. The molecule has 0 saturated carbocycles. The summed E-state index contributed by atoms with van der Waals surface area (Å²) >= 11 is 0. The van der Waals surface area contributed by atoms with E-state index >= 15 is 0 Å². The molecule has 2 atom stereocenters. The third-order valence-electron chi connectivity index (χ3n) is 2.61. The first-order valence-corrected chi connectivity index (χ1v) is 4.90. The van der Waals surface area contributed by atoms with E-state index in [0.717, 1.165) is 19.4 Å². The van der Waals surface area contributed by atoms with Crippen molar-refractivity contribution in [2.24, 2.45) is 0 Å². The van der Waals surface area contributed by atoms with E-state index in [4.69, 9.17) is 10.2 Å². The molecular formula is C9H16N2O4. The van der Waals surface area contributed by atoms with Crippen LogP contribution in [0.25, 0.3) is 0 Å². The summed E-state index contributed by atoms with van der Waals surface area (Å²) in [6, 6.07) is 0. The van der Waals surface area contributed by atoms with Crippen LogP contribution >= 0.6 is 0 Å². The molecule has 0 aromatic carbocycles. The molecule has 1 saturated heterocycles. The van der Waals surface area contributed by atoms with Gasteiger partial charge in [0.1, 0.15) is 0 Å². The quantitative estimate of drug-likeness (QED) is 0.467. The smallest absolute Gasteiger partial charge is 0.334 e. The summed E-state index contributed by atoms with van der Waals surface area (Å²) in [6.45, 7) is 2.29. The minimum Gasteiger partial charge on any atom is -0.479 e. The first-order valence-electron chi connectivity index (χ1n) is 4.90. The van der Waals surface area contributed by atoms with Crippen LogP contribution in [-0.2, 0) is 9.59 Å². The lowest BCUT2D eigenvalue weighted by atomic mass is 9.99. The van der Waals surface area contributed by atoms with Gasteiger partial charge in [-0.3, -0.25) is 4.79 Å². The highest BCUT2D eigenvalue weighted by atomic mass is 16.4. The van der Waals surface area contributed by atoms with Crippen molar-refractivity contribution in [2.45, 2.75) is 31.4 Å². The predicted octanol–water partition coefficient (Wildman–Crippen LogP) is -1.31. The highest BCUT2D eigenvalue weighted by molar-refractivity contribution is 5.86. The molecule has 1 heterocycles. The third-order valence-corrected chi connectivity index (χ3v) is 2.61. The molecule has 0 spiro atoms. The van der Waals surface area contributed by atoms with Crippen LogP contribution in [0.2, 0.25) is 0 Å². The Morgan fingerprint density at radius 3 is 2.73 bits per heavy atom. The number of carbonyl (C=O) groups excluding carboxylic acids is 1. The monoisotopic (exact) mass is 216 g/mol. The fourth-order valence-electron chi connectivity index (χ4n) is 1.56. The predicted molar refractivity (Wildman–Crippen MR) is 52.3 cm³/mol. The fourth-order valence-corrected chi connectivity index (χ4v) is 1.56. The van der Waals surface area contributed by atoms with Crippen molar-refractivity contribution in [3.8, 4) is 0 Å². The lowest BCUT2D eigenvalue weighted by Crippen LogP contribution is -2.53. The van der Waals surface area contributed by atoms with E-state index in [1.807, 2.05) is 0 Å². The van der Waals surface area contributed by atoms with Gasteiger partial charge in [-0.25, -0.2) is 4.79 Å². The Morgan fingerprint density at radius 2 is 2.27 bits per heavy atom. The van der Waals surface area contributed by atoms with Gasteiger partial charge in [-0.2, -0.15) is 0 Å². The van der Waals surface area contributed by atoms with Gasteiger partial charge in [0.25, 0.3) is 0 Å². The average Bonchev–Trinajstić information content (AvgIpc) is 2.62. The SMILES string of the molecule is CC1(C(=O)NC[C@H](O)C(=O)O)CCCN1. The highest BCUT2D eigenvalue weighted by Gasteiger charge is 2.35. The molecule has 1 amide bonds. The number of aliphatic carboxylic acids is 1. The number of hydrogen-bond donors (Lipinski definition) is 4. The summed E-state index contributed by atoms with van der Waals surface area (Å²) in [5, 5.41) is 22.8. The zero-order chi connectivity index (χ0) is 11.5. The van der Waals surface area contributed by atoms with Crippen LogP contribution in [0.1, 0.15) is 19.8 Å². The van der Waals surface area contributed by atoms with Gasteiger partial charge in [0.15, 0.2) is 6.10 Å². The van der Waals surface area contributed by atoms with Crippen molar-refractivity contribution in [3.63, 3.8) is 0 Å². The van der Waals surface area contributed by atoms with Gasteiger partial charge in [0.05, 0.1) is 12.1 Å². The maximum absolute atomic E-state index is 11.6. The second kappa shape index (κ2) is 4.59. The van der Waals surface area contributed by atoms with Crippen molar-refractivity contribution in [1.82, 2.24) is 10.6 Å². The first kappa shape index (κ1) is 11.9. The maximum atomic E-state index is 11.6. The molecule has 86 valence electrons. The van der Waals surface area contributed by atoms with Crippen molar-refractivity contribution in [2.75, 3.05) is 13.1 Å². The Bertz CT molecular complexity index is 261. The zero-order valence-electron chi connectivity index (χ0n) is 8.62. The number of amides is 1. The molecule has 1 rings (SSSR count). The molecule has 6 nitrogen and oxygen atoms in total. The van der Waals surface area contributed by atoms with Gasteiger partial charge in [-0.15, -0.1) is 0 Å². The second-order valence-electron chi connectivity index (χ2n) is 3.93. The number of carboxylic acid groups (broad SMARTS) is 1. The minimum atomic E-state index is -1.54. The maximum Gasteiger partial charge on any atom is 0.334 e. The van der Waals surface area contributed by atoms with E-state index in [0.29, 0.717) is 0 Å². The van der Waals surface area contributed by atoms with Crippen LogP contribution in [0.3, 0.4) is 0 Å². The van der Waals surface area contributed by atoms with Crippen LogP contribution in [0.5, 0.6) is 0 Å². The van der Waals surface area contributed by atoms with Gasteiger partial charge >= 0.3 is 5.97 Å². The number of carbonyl (C=O) groups is 2. The molecule has 0 aromatic heterocycles. The van der Waals surface area contributed by atoms with Crippen LogP contribution < -0.4 is 10.6 Å². The molecule has 1 aliphatic heterocycles. The Labute approximate surface area is 87.7 Å². The van der Waals surface area contributed by atoms with Crippen molar-refractivity contribution < 1.29 is 19.8 Å². The number of aliphatic hydroxyl groups is 1. The lowest BCUT2D eigenvalue weighted by Gasteiger charge is -2.23. The van der Waals surface area contributed by atoms with Gasteiger partial charge in [0, 0.05) is 0 Å². The van der Waals surface area contributed by atoms with Gasteiger partial charge in [0.2, 0.25) is 5.91 Å². The Morgan fingerprint density at radius 1 is 1.60 bits per heavy atom. The van der Waals surface area contributed by atoms with E-state index in [2.05, 4.69) is 10.6 Å². The largest absolute Gasteiger partial charge is 0.479 e. The topological polar surface area (TPSA) is 98.7 Å². The summed E-state index contributed by atoms with van der Waals surface area (Å²) < 4.78 is 0. The molecule has 4 N–H and O–H groups in total. The van der Waals surface area contributed by atoms with Gasteiger partial charge < -0.3 is 20.8 Å². The highest BCUT2D eigenvalue weighted by Crippen LogP contribution is 2.18. The zero-order valence-corrected chi connectivity index (χ0v) is 8.62. The number of rotatable bonds is 4. The second-order valence-corrected chi connectivity index (χ2v) is 3.93. The number of carboxylic acids is 1. The van der Waals surface area contributed by atoms with E-state index < -0.39 is 17.6 Å². The van der Waals surface area contributed by atoms with E-state index in [9.17, 15) is 9.59 Å². The number of hydrogen-bond acceptors (Lipinski definition) is 4. The normalized spacial score (nSPS) is 27.3. The van der Waals surface area contributed by atoms with Crippen molar-refractivity contribution >= 4 is 11.9 Å². The van der Waals surface area contributed by atoms with E-state index in [-0.39, 0.29) is 12.5 Å². The van der Waals surface area contributed by atoms with E-state index in [1.54, 1.807) is 6.92 Å². The molecular weight excluding hydrogens is 200 g/mol. The van der Waals surface area contributed by atoms with Crippen LogP contribution in [0.4, 0.5) is 0 Å².